The van der Waals surface area contributed by atoms with Gasteiger partial charge in [-0.15, -0.1) is 0 Å². The molecular formula is C25H34N2O5. The Bertz CT molecular complexity index is 858. The summed E-state index contributed by atoms with van der Waals surface area (Å²) in [7, 11) is 1.63. The lowest BCUT2D eigenvalue weighted by Crippen LogP contribution is -2.52. The van der Waals surface area contributed by atoms with Gasteiger partial charge in [-0.2, -0.15) is 5.26 Å². The van der Waals surface area contributed by atoms with Crippen LogP contribution in [-0.2, 0) is 19.0 Å². The van der Waals surface area contributed by atoms with Crippen molar-refractivity contribution < 1.29 is 24.1 Å². The van der Waals surface area contributed by atoms with Gasteiger partial charge in [0.2, 0.25) is 0 Å². The van der Waals surface area contributed by atoms with E-state index in [1.54, 1.807) is 31.4 Å². The molecule has 1 saturated heterocycles. The second kappa shape index (κ2) is 10.5. The number of allylic oxidation sites excluding steroid dienone is 1. The summed E-state index contributed by atoms with van der Waals surface area (Å²) in [6.45, 7) is 6.28. The Hall–Kier alpha value is -2.40. The van der Waals surface area contributed by atoms with Crippen molar-refractivity contribution in [1.29, 1.82) is 5.26 Å². The van der Waals surface area contributed by atoms with Gasteiger partial charge in [0.1, 0.15) is 18.8 Å². The van der Waals surface area contributed by atoms with Crippen LogP contribution in [0.1, 0.15) is 45.6 Å². The number of ether oxygens (including phenoxy) is 3. The van der Waals surface area contributed by atoms with Gasteiger partial charge in [-0.1, -0.05) is 11.6 Å². The van der Waals surface area contributed by atoms with Crippen molar-refractivity contribution in [2.24, 2.45) is 11.8 Å². The minimum atomic E-state index is -0.411. The number of nitriles is 1. The van der Waals surface area contributed by atoms with Crippen LogP contribution in [0.4, 0.5) is 5.69 Å². The molecule has 7 heteroatoms. The largest absolute Gasteiger partial charge is 0.458 e. The van der Waals surface area contributed by atoms with Gasteiger partial charge in [-0.25, -0.2) is 0 Å². The quantitative estimate of drug-likeness (QED) is 0.343. The predicted octanol–water partition coefficient (Wildman–Crippen LogP) is 3.43. The molecule has 1 aliphatic heterocycles. The van der Waals surface area contributed by atoms with E-state index in [1.165, 1.54) is 5.57 Å². The third-order valence-electron chi connectivity index (χ3n) is 6.67. The number of methoxy groups -OCH3 is 1. The van der Waals surface area contributed by atoms with E-state index in [2.05, 4.69) is 38.2 Å². The van der Waals surface area contributed by atoms with E-state index < -0.39 is 11.7 Å². The summed E-state index contributed by atoms with van der Waals surface area (Å²) in [5.41, 5.74) is 2.14. The van der Waals surface area contributed by atoms with E-state index in [0.29, 0.717) is 12.0 Å². The number of aliphatic hydroxyl groups excluding tert-OH is 1. The molecule has 2 fully saturated rings. The van der Waals surface area contributed by atoms with Crippen LogP contribution in [0.25, 0.3) is 0 Å². The summed E-state index contributed by atoms with van der Waals surface area (Å²) in [5, 5.41) is 21.9. The zero-order valence-electron chi connectivity index (χ0n) is 19.3. The summed E-state index contributed by atoms with van der Waals surface area (Å²) < 4.78 is 17.8. The Morgan fingerprint density at radius 1 is 1.34 bits per heavy atom. The fourth-order valence-corrected chi connectivity index (χ4v) is 4.88. The first-order chi connectivity index (χ1) is 15.3. The molecule has 1 aliphatic carbocycles. The van der Waals surface area contributed by atoms with Gasteiger partial charge in [-0.3, -0.25) is 4.79 Å². The van der Waals surface area contributed by atoms with Gasteiger partial charge in [-0.05, 0) is 70.2 Å². The monoisotopic (exact) mass is 442 g/mol. The minimum Gasteiger partial charge on any atom is -0.458 e. The Kier molecular flexibility index (Phi) is 7.94. The van der Waals surface area contributed by atoms with Crippen molar-refractivity contribution >= 4 is 11.7 Å². The van der Waals surface area contributed by atoms with Gasteiger partial charge in [0.15, 0.2) is 0 Å². The zero-order chi connectivity index (χ0) is 23.3. The van der Waals surface area contributed by atoms with Crippen LogP contribution in [-0.4, -0.2) is 55.3 Å². The summed E-state index contributed by atoms with van der Waals surface area (Å²) in [4.78, 5) is 12.6. The Morgan fingerprint density at radius 2 is 2.06 bits per heavy atom. The molecule has 0 bridgehead atoms. The van der Waals surface area contributed by atoms with Gasteiger partial charge in [0.25, 0.3) is 0 Å². The highest BCUT2D eigenvalue weighted by atomic mass is 16.6. The van der Waals surface area contributed by atoms with E-state index in [9.17, 15) is 9.90 Å². The predicted molar refractivity (Wildman–Crippen MR) is 121 cm³/mol. The Morgan fingerprint density at radius 3 is 2.66 bits per heavy atom. The van der Waals surface area contributed by atoms with E-state index >= 15 is 0 Å². The Labute approximate surface area is 190 Å². The van der Waals surface area contributed by atoms with E-state index in [4.69, 9.17) is 19.5 Å². The van der Waals surface area contributed by atoms with Crippen LogP contribution in [0.5, 0.6) is 0 Å². The summed E-state index contributed by atoms with van der Waals surface area (Å²) in [6.07, 6.45) is 3.70. The van der Waals surface area contributed by atoms with E-state index in [1.807, 2.05) is 0 Å². The number of rotatable bonds is 9. The summed E-state index contributed by atoms with van der Waals surface area (Å²) in [5.74, 6) is -0.398. The lowest BCUT2D eigenvalue weighted by Gasteiger charge is -2.43. The number of nitrogens with zero attached hydrogens (tertiary/aromatic N) is 1. The molecule has 6 atom stereocenters. The number of anilines is 1. The lowest BCUT2D eigenvalue weighted by molar-refractivity contribution is -0.169. The van der Waals surface area contributed by atoms with Crippen LogP contribution >= 0.6 is 0 Å². The van der Waals surface area contributed by atoms with Gasteiger partial charge < -0.3 is 24.6 Å². The number of esters is 1. The molecule has 0 spiro atoms. The third-order valence-corrected chi connectivity index (χ3v) is 6.67. The van der Waals surface area contributed by atoms with Gasteiger partial charge in [0.05, 0.1) is 23.3 Å². The van der Waals surface area contributed by atoms with Crippen molar-refractivity contribution in [1.82, 2.24) is 0 Å². The number of carbonyl (C=O) groups excluding carboxylic acids is 1. The fraction of sp³-hybridized carbons (Fsp3) is 0.600. The number of epoxide rings is 1. The lowest BCUT2D eigenvalue weighted by atomic mass is 9.68. The molecule has 2 N–H and O–H groups in total. The van der Waals surface area contributed by atoms with Crippen LogP contribution in [0.2, 0.25) is 0 Å². The highest BCUT2D eigenvalue weighted by molar-refractivity contribution is 5.75. The molecule has 1 heterocycles. The second-order valence-electron chi connectivity index (χ2n) is 9.12. The Balaban J connectivity index is 1.63. The van der Waals surface area contributed by atoms with Crippen molar-refractivity contribution in [2.75, 3.05) is 25.6 Å². The molecule has 1 aromatic carbocycles. The molecule has 1 saturated carbocycles. The van der Waals surface area contributed by atoms with Gasteiger partial charge in [0, 0.05) is 25.3 Å². The maximum atomic E-state index is 12.6. The zero-order valence-corrected chi connectivity index (χ0v) is 19.3. The minimum absolute atomic E-state index is 0.0178. The van der Waals surface area contributed by atoms with Crippen LogP contribution in [0, 0.1) is 23.2 Å². The standard InChI is InChI=1S/C25H34N2O5/c1-16(2)5-12-21-25(3,32-21)23-18(15-28)8-11-20(24(23)30-4)31-22(29)14-27-19-9-6-17(13-26)7-10-19/h5-7,9-10,18,20-21,23-24,27-28H,8,11-12,14-15H2,1-4H3/t18?,20-,21-,23-,24-,25+/m1/s1. The molecule has 32 heavy (non-hydrogen) atoms. The summed E-state index contributed by atoms with van der Waals surface area (Å²) >= 11 is 0. The van der Waals surface area contributed by atoms with Crippen LogP contribution < -0.4 is 5.32 Å². The van der Waals surface area contributed by atoms with E-state index in [-0.39, 0.29) is 43.2 Å². The van der Waals surface area contributed by atoms with E-state index in [0.717, 1.165) is 18.5 Å². The molecule has 0 amide bonds. The molecule has 1 unspecified atom stereocenters. The number of benzene rings is 1. The highest BCUT2D eigenvalue weighted by Gasteiger charge is 2.63. The maximum Gasteiger partial charge on any atom is 0.325 e. The topological polar surface area (TPSA) is 104 Å². The van der Waals surface area contributed by atoms with Gasteiger partial charge >= 0.3 is 5.97 Å². The average molecular weight is 443 g/mol. The third kappa shape index (κ3) is 5.50. The number of hydrogen-bond donors (Lipinski definition) is 2. The first-order valence-corrected chi connectivity index (χ1v) is 11.2. The first-order valence-electron chi connectivity index (χ1n) is 11.2. The van der Waals surface area contributed by atoms with Crippen LogP contribution in [0.3, 0.4) is 0 Å². The second-order valence-corrected chi connectivity index (χ2v) is 9.12. The van der Waals surface area contributed by atoms with Crippen molar-refractivity contribution in [3.8, 4) is 6.07 Å². The smallest absolute Gasteiger partial charge is 0.325 e. The average Bonchev–Trinajstić information content (AvgIpc) is 3.46. The molecule has 0 aromatic heterocycles. The molecular weight excluding hydrogens is 408 g/mol. The number of nitrogens with one attached hydrogen (secondary N) is 1. The number of hydrogen-bond acceptors (Lipinski definition) is 7. The van der Waals surface area contributed by atoms with Crippen LogP contribution in [0.15, 0.2) is 35.9 Å². The maximum absolute atomic E-state index is 12.6. The normalized spacial score (nSPS) is 31.3. The van der Waals surface area contributed by atoms with Crippen molar-refractivity contribution in [3.63, 3.8) is 0 Å². The molecule has 2 aliphatic rings. The number of carbonyl (C=O) groups is 1. The molecule has 3 rings (SSSR count). The molecule has 174 valence electrons. The fourth-order valence-electron chi connectivity index (χ4n) is 4.88. The summed E-state index contributed by atoms with van der Waals surface area (Å²) in [6, 6.07) is 8.96. The molecule has 1 aromatic rings. The highest BCUT2D eigenvalue weighted by Crippen LogP contribution is 2.53. The van der Waals surface area contributed by atoms with Crippen molar-refractivity contribution in [2.45, 2.75) is 63.9 Å². The molecule has 0 radical (unpaired) electrons. The molecule has 7 nitrogen and oxygen atoms in total. The van der Waals surface area contributed by atoms with Crippen molar-refractivity contribution in [3.05, 3.63) is 41.5 Å². The number of aliphatic hydroxyl groups is 1. The first kappa shape index (κ1) is 24.2. The SMILES string of the molecule is CO[C@H]1[C@H]([C@@]2(C)O[C@@H]2CC=C(C)C)C(CO)CC[C@H]1OC(=O)CNc1ccc(C#N)cc1.